The van der Waals surface area contributed by atoms with Gasteiger partial charge in [0.15, 0.2) is 23.1 Å². The minimum Gasteiger partial charge on any atom is -0.382 e. The van der Waals surface area contributed by atoms with E-state index in [-0.39, 0.29) is 12.4 Å². The van der Waals surface area contributed by atoms with Gasteiger partial charge in [-0.2, -0.15) is 5.10 Å². The van der Waals surface area contributed by atoms with Gasteiger partial charge in [-0.05, 0) is 25.1 Å². The van der Waals surface area contributed by atoms with Gasteiger partial charge < -0.3 is 19.9 Å². The third-order valence-corrected chi connectivity index (χ3v) is 5.66. The topological polar surface area (TPSA) is 106 Å². The van der Waals surface area contributed by atoms with E-state index >= 15 is 0 Å². The maximum atomic E-state index is 6.22. The number of ether oxygens (including phenoxy) is 1. The van der Waals surface area contributed by atoms with Gasteiger partial charge in [-0.25, -0.2) is 9.97 Å². The van der Waals surface area contributed by atoms with Crippen LogP contribution in [0.1, 0.15) is 11.1 Å². The summed E-state index contributed by atoms with van der Waals surface area (Å²) in [6, 6.07) is 15.7. The molecule has 10 heteroatoms. The summed E-state index contributed by atoms with van der Waals surface area (Å²) in [5, 5.41) is 4.39. The zero-order valence-electron chi connectivity index (χ0n) is 19.1. The molecule has 4 aromatic rings. The molecular formula is C24H27ClN8O. The fourth-order valence-electron chi connectivity index (χ4n) is 3.95. The van der Waals surface area contributed by atoms with E-state index < -0.39 is 0 Å². The van der Waals surface area contributed by atoms with Crippen LogP contribution in [0.4, 0.5) is 11.5 Å². The first-order valence-electron chi connectivity index (χ1n) is 10.9. The molecule has 3 aromatic heterocycles. The molecule has 9 nitrogen and oxygen atoms in total. The van der Waals surface area contributed by atoms with Crippen LogP contribution in [-0.2, 0) is 11.8 Å². The Morgan fingerprint density at radius 1 is 1.09 bits per heavy atom. The highest BCUT2D eigenvalue weighted by atomic mass is 35.5. The number of imidazole rings is 1. The van der Waals surface area contributed by atoms with Gasteiger partial charge in [0.1, 0.15) is 11.2 Å². The fourth-order valence-corrected chi connectivity index (χ4v) is 3.95. The minimum atomic E-state index is 0. The van der Waals surface area contributed by atoms with Gasteiger partial charge in [0.2, 0.25) is 0 Å². The molecule has 34 heavy (non-hydrogen) atoms. The number of halogens is 1. The quantitative estimate of drug-likeness (QED) is 0.257. The molecule has 0 atom stereocenters. The van der Waals surface area contributed by atoms with Crippen LogP contribution in [0.3, 0.4) is 0 Å². The van der Waals surface area contributed by atoms with Crippen molar-refractivity contribution in [3.05, 3.63) is 65.9 Å². The van der Waals surface area contributed by atoms with E-state index in [9.17, 15) is 0 Å². The summed E-state index contributed by atoms with van der Waals surface area (Å²) in [5.74, 6) is 1.75. The lowest BCUT2D eigenvalue weighted by Gasteiger charge is -2.29. The van der Waals surface area contributed by atoms with E-state index in [1.807, 2.05) is 67.1 Å². The van der Waals surface area contributed by atoms with E-state index in [1.165, 1.54) is 0 Å². The van der Waals surface area contributed by atoms with Gasteiger partial charge in [0.25, 0.3) is 0 Å². The number of aromatic nitrogens is 4. The summed E-state index contributed by atoms with van der Waals surface area (Å²) < 4.78 is 7.51. The Labute approximate surface area is 204 Å². The third kappa shape index (κ3) is 4.66. The maximum Gasteiger partial charge on any atom is 0.164 e. The zero-order chi connectivity index (χ0) is 22.8. The lowest BCUT2D eigenvalue weighted by Crippen LogP contribution is -2.36. The van der Waals surface area contributed by atoms with Gasteiger partial charge in [0.05, 0.1) is 18.9 Å². The van der Waals surface area contributed by atoms with Crippen LogP contribution in [0.2, 0.25) is 0 Å². The summed E-state index contributed by atoms with van der Waals surface area (Å²) in [7, 11) is 1.95. The number of anilines is 2. The standard InChI is InChI=1S/C24H26N8O.ClH/c1-16-6-5-7-17(14-16)22(25)30-29-20-15-19(32-10-12-33-13-11-32)21-24(27-20)31(2)23(28-21)18-8-3-4-9-26-18;/h3-9,14-15H,10-13H2,1-2H3,(H2,25,30)(H,27,29);1H. The number of hydrogen-bond donors (Lipinski definition) is 2. The molecular weight excluding hydrogens is 452 g/mol. The van der Waals surface area contributed by atoms with E-state index in [1.54, 1.807) is 6.20 Å². The maximum absolute atomic E-state index is 6.22. The predicted molar refractivity (Wildman–Crippen MR) is 138 cm³/mol. The van der Waals surface area contributed by atoms with Crippen LogP contribution in [-0.4, -0.2) is 51.7 Å². The van der Waals surface area contributed by atoms with Crippen molar-refractivity contribution < 1.29 is 4.74 Å². The molecule has 1 aromatic carbocycles. The van der Waals surface area contributed by atoms with Crippen LogP contribution in [0.25, 0.3) is 22.7 Å². The normalized spacial score (nSPS) is 14.2. The highest BCUT2D eigenvalue weighted by molar-refractivity contribution is 5.98. The second-order valence-corrected chi connectivity index (χ2v) is 7.99. The third-order valence-electron chi connectivity index (χ3n) is 5.66. The average Bonchev–Trinajstić information content (AvgIpc) is 3.19. The number of morpholine rings is 1. The smallest absolute Gasteiger partial charge is 0.164 e. The molecule has 0 radical (unpaired) electrons. The summed E-state index contributed by atoms with van der Waals surface area (Å²) >= 11 is 0. The minimum absolute atomic E-state index is 0. The first-order valence-corrected chi connectivity index (χ1v) is 10.9. The number of aryl methyl sites for hydroxylation is 2. The zero-order valence-corrected chi connectivity index (χ0v) is 19.9. The monoisotopic (exact) mass is 478 g/mol. The van der Waals surface area contributed by atoms with E-state index in [2.05, 4.69) is 20.4 Å². The summed E-state index contributed by atoms with van der Waals surface area (Å²) in [6.45, 7) is 4.93. The molecule has 0 aliphatic carbocycles. The first-order chi connectivity index (χ1) is 16.1. The van der Waals surface area contributed by atoms with Crippen LogP contribution in [0.5, 0.6) is 0 Å². The number of rotatable bonds is 5. The highest BCUT2D eigenvalue weighted by Crippen LogP contribution is 2.31. The Morgan fingerprint density at radius 3 is 2.65 bits per heavy atom. The second-order valence-electron chi connectivity index (χ2n) is 7.99. The van der Waals surface area contributed by atoms with E-state index in [4.69, 9.17) is 20.4 Å². The molecule has 4 heterocycles. The number of nitrogens with two attached hydrogens (primary N) is 1. The SMILES string of the molecule is Cc1cccc(/C(N)=N/Nc2cc(N3CCOCC3)c3nc(-c4ccccn4)n(C)c3n2)c1.Cl. The second kappa shape index (κ2) is 10.1. The fraction of sp³-hybridized carbons (Fsp3) is 0.250. The van der Waals surface area contributed by atoms with Crippen molar-refractivity contribution in [1.29, 1.82) is 0 Å². The van der Waals surface area contributed by atoms with Crippen LogP contribution < -0.4 is 16.1 Å². The van der Waals surface area contributed by atoms with Gasteiger partial charge in [0, 0.05) is 38.0 Å². The molecule has 1 aliphatic rings. The molecule has 0 amide bonds. The van der Waals surface area contributed by atoms with Crippen molar-refractivity contribution in [3.63, 3.8) is 0 Å². The van der Waals surface area contributed by atoms with Crippen molar-refractivity contribution in [2.75, 3.05) is 36.6 Å². The van der Waals surface area contributed by atoms with E-state index in [0.717, 1.165) is 52.6 Å². The molecule has 5 rings (SSSR count). The summed E-state index contributed by atoms with van der Waals surface area (Å²) in [4.78, 5) is 16.5. The molecule has 176 valence electrons. The highest BCUT2D eigenvalue weighted by Gasteiger charge is 2.21. The van der Waals surface area contributed by atoms with Crippen molar-refractivity contribution in [2.24, 2.45) is 17.9 Å². The molecule has 1 saturated heterocycles. The lowest BCUT2D eigenvalue weighted by atomic mass is 10.1. The number of fused-ring (bicyclic) bond motifs is 1. The van der Waals surface area contributed by atoms with Crippen molar-refractivity contribution in [2.45, 2.75) is 6.92 Å². The average molecular weight is 479 g/mol. The first kappa shape index (κ1) is 23.5. The molecule has 3 N–H and O–H groups in total. The molecule has 0 bridgehead atoms. The Kier molecular flexibility index (Phi) is 6.95. The Hall–Kier alpha value is -3.69. The summed E-state index contributed by atoms with van der Waals surface area (Å²) in [6.07, 6.45) is 1.76. The molecule has 0 saturated carbocycles. The van der Waals surface area contributed by atoms with Crippen LogP contribution in [0.15, 0.2) is 59.8 Å². The predicted octanol–water partition coefficient (Wildman–Crippen LogP) is 3.33. The molecule has 1 fully saturated rings. The molecule has 1 aliphatic heterocycles. The van der Waals surface area contributed by atoms with Crippen LogP contribution >= 0.6 is 12.4 Å². The summed E-state index contributed by atoms with van der Waals surface area (Å²) in [5.41, 5.74) is 14.6. The number of amidine groups is 1. The number of hydrazone groups is 1. The van der Waals surface area contributed by atoms with Gasteiger partial charge >= 0.3 is 0 Å². The van der Waals surface area contributed by atoms with Crippen molar-refractivity contribution >= 4 is 40.9 Å². The Bertz CT molecular complexity index is 1320. The number of nitrogens with one attached hydrogen (secondary N) is 1. The van der Waals surface area contributed by atoms with E-state index in [0.29, 0.717) is 24.9 Å². The van der Waals surface area contributed by atoms with Gasteiger partial charge in [-0.3, -0.25) is 10.4 Å². The molecule has 0 spiro atoms. The largest absolute Gasteiger partial charge is 0.382 e. The number of nitrogens with zero attached hydrogens (tertiary/aromatic N) is 6. The van der Waals surface area contributed by atoms with Crippen LogP contribution in [0, 0.1) is 6.92 Å². The lowest BCUT2D eigenvalue weighted by molar-refractivity contribution is 0.123. The number of pyridine rings is 2. The van der Waals surface area contributed by atoms with Gasteiger partial charge in [-0.15, -0.1) is 12.4 Å². The van der Waals surface area contributed by atoms with Crippen molar-refractivity contribution in [3.8, 4) is 11.5 Å². The molecule has 0 unspecified atom stereocenters. The number of benzene rings is 1. The Balaban J connectivity index is 0.00000274. The Morgan fingerprint density at radius 2 is 1.91 bits per heavy atom. The van der Waals surface area contributed by atoms with Crippen molar-refractivity contribution in [1.82, 2.24) is 19.5 Å². The van der Waals surface area contributed by atoms with Gasteiger partial charge in [-0.1, -0.05) is 29.8 Å². The number of hydrogen-bond acceptors (Lipinski definition) is 7.